The molecule has 3 N–H and O–H groups in total. The summed E-state index contributed by atoms with van der Waals surface area (Å²) in [6.45, 7) is 10.2. The van der Waals surface area contributed by atoms with E-state index in [1.165, 1.54) is 10.4 Å². The lowest BCUT2D eigenvalue weighted by Crippen LogP contribution is -2.51. The molecule has 0 aliphatic carbocycles. The van der Waals surface area contributed by atoms with E-state index in [1.807, 2.05) is 20.0 Å². The number of benzene rings is 1. The van der Waals surface area contributed by atoms with Gasteiger partial charge >= 0.3 is 0 Å². The molecule has 1 atom stereocenters. The first-order valence-corrected chi connectivity index (χ1v) is 12.2. The SMILES string of the molecule is C=C(/C=C\C)C1(N)CCN(CCc2ccccc2OC(CCNC)c2cccs2)CC1. The van der Waals surface area contributed by atoms with Crippen LogP contribution in [-0.4, -0.2) is 43.7 Å². The van der Waals surface area contributed by atoms with Crippen molar-refractivity contribution in [2.75, 3.05) is 33.2 Å². The van der Waals surface area contributed by atoms with Crippen LogP contribution >= 0.6 is 11.3 Å². The lowest BCUT2D eigenvalue weighted by atomic mass is 9.82. The Balaban J connectivity index is 1.59. The molecule has 31 heavy (non-hydrogen) atoms. The Kier molecular flexibility index (Phi) is 8.90. The lowest BCUT2D eigenvalue weighted by molar-refractivity contribution is 0.179. The summed E-state index contributed by atoms with van der Waals surface area (Å²) in [6.07, 6.45) is 8.01. The van der Waals surface area contributed by atoms with E-state index in [2.05, 4.69) is 64.6 Å². The number of hydrogen-bond acceptors (Lipinski definition) is 5. The summed E-state index contributed by atoms with van der Waals surface area (Å²) in [5, 5.41) is 5.37. The van der Waals surface area contributed by atoms with Crippen molar-refractivity contribution in [3.63, 3.8) is 0 Å². The van der Waals surface area contributed by atoms with Crippen LogP contribution < -0.4 is 15.8 Å². The smallest absolute Gasteiger partial charge is 0.134 e. The van der Waals surface area contributed by atoms with Gasteiger partial charge in [-0.1, -0.05) is 43.0 Å². The molecular formula is C26H37N3OS. The van der Waals surface area contributed by atoms with Gasteiger partial charge in [0.2, 0.25) is 0 Å². The number of piperidine rings is 1. The first-order chi connectivity index (χ1) is 15.1. The Labute approximate surface area is 191 Å². The van der Waals surface area contributed by atoms with Crippen LogP contribution in [-0.2, 0) is 6.42 Å². The van der Waals surface area contributed by atoms with Crippen molar-refractivity contribution >= 4 is 11.3 Å². The molecule has 1 aromatic carbocycles. The van der Waals surface area contributed by atoms with Crippen LogP contribution in [0.15, 0.2) is 66.1 Å². The summed E-state index contributed by atoms with van der Waals surface area (Å²) in [5.41, 5.74) is 8.69. The van der Waals surface area contributed by atoms with Gasteiger partial charge in [-0.2, -0.15) is 0 Å². The molecule has 0 bridgehead atoms. The normalized spacial score (nSPS) is 17.6. The van der Waals surface area contributed by atoms with Crippen LogP contribution in [0.1, 0.15) is 42.7 Å². The summed E-state index contributed by atoms with van der Waals surface area (Å²) in [4.78, 5) is 3.80. The molecule has 2 heterocycles. The molecule has 1 aliphatic heterocycles. The number of para-hydroxylation sites is 1. The molecule has 2 aromatic rings. The number of allylic oxidation sites excluding steroid dienone is 1. The molecule has 0 amide bonds. The van der Waals surface area contributed by atoms with Gasteiger partial charge in [0.1, 0.15) is 11.9 Å². The number of nitrogens with two attached hydrogens (primary N) is 1. The molecule has 0 radical (unpaired) electrons. The molecular weight excluding hydrogens is 402 g/mol. The molecule has 0 spiro atoms. The van der Waals surface area contributed by atoms with E-state index in [-0.39, 0.29) is 11.6 Å². The molecule has 1 unspecified atom stereocenters. The third-order valence-electron chi connectivity index (χ3n) is 6.21. The van der Waals surface area contributed by atoms with Crippen LogP contribution in [0.2, 0.25) is 0 Å². The molecule has 0 saturated carbocycles. The molecule has 1 aromatic heterocycles. The van der Waals surface area contributed by atoms with Gasteiger partial charge in [-0.3, -0.25) is 0 Å². The van der Waals surface area contributed by atoms with Crippen molar-refractivity contribution in [1.82, 2.24) is 10.2 Å². The highest BCUT2D eigenvalue weighted by Crippen LogP contribution is 2.31. The van der Waals surface area contributed by atoms with Gasteiger partial charge in [-0.25, -0.2) is 0 Å². The summed E-state index contributed by atoms with van der Waals surface area (Å²) >= 11 is 1.76. The minimum absolute atomic E-state index is 0.0825. The topological polar surface area (TPSA) is 50.5 Å². The van der Waals surface area contributed by atoms with Gasteiger partial charge in [0.05, 0.1) is 0 Å². The Morgan fingerprint density at radius 3 is 2.74 bits per heavy atom. The highest BCUT2D eigenvalue weighted by Gasteiger charge is 2.32. The van der Waals surface area contributed by atoms with E-state index in [0.717, 1.165) is 63.2 Å². The Bertz CT molecular complexity index is 838. The van der Waals surface area contributed by atoms with E-state index in [0.29, 0.717) is 0 Å². The van der Waals surface area contributed by atoms with E-state index >= 15 is 0 Å². The zero-order valence-corrected chi connectivity index (χ0v) is 19.8. The van der Waals surface area contributed by atoms with Crippen molar-refractivity contribution in [3.05, 3.63) is 76.5 Å². The second-order valence-corrected chi connectivity index (χ2v) is 9.37. The third kappa shape index (κ3) is 6.53. The van der Waals surface area contributed by atoms with Gasteiger partial charge in [0.15, 0.2) is 0 Å². The maximum Gasteiger partial charge on any atom is 0.134 e. The van der Waals surface area contributed by atoms with Gasteiger partial charge in [0, 0.05) is 36.5 Å². The fourth-order valence-electron chi connectivity index (χ4n) is 4.13. The highest BCUT2D eigenvalue weighted by atomic mass is 32.1. The molecule has 5 heteroatoms. The first kappa shape index (κ1) is 23.7. The number of nitrogens with zero attached hydrogens (tertiary/aromatic N) is 1. The van der Waals surface area contributed by atoms with Crippen LogP contribution in [0.4, 0.5) is 0 Å². The zero-order valence-electron chi connectivity index (χ0n) is 19.0. The first-order valence-electron chi connectivity index (χ1n) is 11.3. The van der Waals surface area contributed by atoms with E-state index in [9.17, 15) is 0 Å². The fraction of sp³-hybridized carbons (Fsp3) is 0.462. The third-order valence-corrected chi connectivity index (χ3v) is 7.18. The largest absolute Gasteiger partial charge is 0.485 e. The minimum atomic E-state index is -0.259. The van der Waals surface area contributed by atoms with Crippen molar-refractivity contribution in [2.24, 2.45) is 5.73 Å². The summed E-state index contributed by atoms with van der Waals surface area (Å²) in [6, 6.07) is 12.8. The van der Waals surface area contributed by atoms with Gasteiger partial charge < -0.3 is 20.7 Å². The van der Waals surface area contributed by atoms with Gasteiger partial charge in [0.25, 0.3) is 0 Å². The second kappa shape index (κ2) is 11.6. The summed E-state index contributed by atoms with van der Waals surface area (Å²) in [5.74, 6) is 1.00. The Morgan fingerprint density at radius 1 is 1.29 bits per heavy atom. The van der Waals surface area contributed by atoms with Crippen molar-refractivity contribution < 1.29 is 4.74 Å². The number of nitrogens with one attached hydrogen (secondary N) is 1. The van der Waals surface area contributed by atoms with E-state index < -0.39 is 0 Å². The second-order valence-electron chi connectivity index (χ2n) is 8.39. The minimum Gasteiger partial charge on any atom is -0.485 e. The molecule has 3 rings (SSSR count). The summed E-state index contributed by atoms with van der Waals surface area (Å²) < 4.78 is 6.54. The monoisotopic (exact) mass is 439 g/mol. The fourth-order valence-corrected chi connectivity index (χ4v) is 4.92. The van der Waals surface area contributed by atoms with Crippen molar-refractivity contribution in [1.29, 1.82) is 0 Å². The van der Waals surface area contributed by atoms with Gasteiger partial charge in [-0.15, -0.1) is 11.3 Å². The maximum atomic E-state index is 6.62. The molecule has 168 valence electrons. The molecule has 1 aliphatic rings. The van der Waals surface area contributed by atoms with Crippen LogP contribution in [0, 0.1) is 0 Å². The molecule has 4 nitrogen and oxygen atoms in total. The lowest BCUT2D eigenvalue weighted by Gasteiger charge is -2.40. The van der Waals surface area contributed by atoms with Crippen LogP contribution in [0.5, 0.6) is 5.75 Å². The Morgan fingerprint density at radius 2 is 2.06 bits per heavy atom. The number of ether oxygens (including phenoxy) is 1. The zero-order chi connectivity index (χ0) is 22.1. The average molecular weight is 440 g/mol. The number of thiophene rings is 1. The highest BCUT2D eigenvalue weighted by molar-refractivity contribution is 7.10. The average Bonchev–Trinajstić information content (AvgIpc) is 3.32. The van der Waals surface area contributed by atoms with Crippen LogP contribution in [0.25, 0.3) is 0 Å². The Hall–Kier alpha value is -1.92. The van der Waals surface area contributed by atoms with Crippen LogP contribution in [0.3, 0.4) is 0 Å². The predicted octanol–water partition coefficient (Wildman–Crippen LogP) is 4.95. The molecule has 1 fully saturated rings. The van der Waals surface area contributed by atoms with E-state index in [4.69, 9.17) is 10.5 Å². The number of rotatable bonds is 11. The summed E-state index contributed by atoms with van der Waals surface area (Å²) in [7, 11) is 1.99. The van der Waals surface area contributed by atoms with Gasteiger partial charge in [-0.05, 0) is 68.4 Å². The maximum absolute atomic E-state index is 6.62. The standard InChI is InChI=1S/C26H37N3OS/c1-4-8-21(2)26(27)14-18-29(19-15-26)17-13-22-9-5-6-10-23(22)30-24(12-16-28-3)25-11-7-20-31-25/h4-11,20,24,28H,2,12-19,27H2,1,3H3/b8-4-. The predicted molar refractivity (Wildman–Crippen MR) is 133 cm³/mol. The number of hydrogen-bond donors (Lipinski definition) is 2. The van der Waals surface area contributed by atoms with Crippen molar-refractivity contribution in [2.45, 2.75) is 44.2 Å². The van der Waals surface area contributed by atoms with Crippen molar-refractivity contribution in [3.8, 4) is 5.75 Å². The van der Waals surface area contributed by atoms with E-state index in [1.54, 1.807) is 11.3 Å². The molecule has 1 saturated heterocycles. The number of likely N-dealkylation sites (tertiary alicyclic amines) is 1. The quantitative estimate of drug-likeness (QED) is 0.487.